The van der Waals surface area contributed by atoms with Crippen LogP contribution >= 0.6 is 0 Å². The predicted octanol–water partition coefficient (Wildman–Crippen LogP) is 1.98. The minimum Gasteiger partial charge on any atom is -0.411 e. The molecule has 0 saturated carbocycles. The van der Waals surface area contributed by atoms with Gasteiger partial charge in [-0.05, 0) is 29.1 Å². The fourth-order valence-electron chi connectivity index (χ4n) is 1.22. The van der Waals surface area contributed by atoms with Crippen LogP contribution in [-0.4, -0.2) is 16.4 Å². The molecule has 0 aliphatic carbocycles. The highest BCUT2D eigenvalue weighted by molar-refractivity contribution is 5.88. The van der Waals surface area contributed by atoms with Crippen LogP contribution in [0.25, 0.3) is 10.9 Å². The van der Waals surface area contributed by atoms with Gasteiger partial charge in [0.25, 0.3) is 0 Å². The van der Waals surface area contributed by atoms with Gasteiger partial charge in [0.1, 0.15) is 0 Å². The second-order valence-corrected chi connectivity index (χ2v) is 2.57. The summed E-state index contributed by atoms with van der Waals surface area (Å²) in [7, 11) is 0. The smallest absolute Gasteiger partial charge is 0.0734 e. The molecule has 0 fully saturated rings. The highest BCUT2D eigenvalue weighted by Crippen LogP contribution is 2.12. The molecule has 0 bridgehead atoms. The van der Waals surface area contributed by atoms with E-state index in [0.29, 0.717) is 0 Å². The molecule has 0 radical (unpaired) electrons. The number of rotatable bonds is 1. The van der Waals surface area contributed by atoms with Crippen molar-refractivity contribution in [2.24, 2.45) is 5.16 Å². The summed E-state index contributed by atoms with van der Waals surface area (Å²) in [5.41, 5.74) is 1.98. The molecule has 1 heterocycles. The lowest BCUT2D eigenvalue weighted by molar-refractivity contribution is 0.322. The van der Waals surface area contributed by atoms with Crippen molar-refractivity contribution in [2.45, 2.75) is 0 Å². The van der Waals surface area contributed by atoms with Crippen LogP contribution in [0.2, 0.25) is 0 Å². The lowest BCUT2D eigenvalue weighted by Gasteiger charge is -1.91. The van der Waals surface area contributed by atoms with E-state index in [2.05, 4.69) is 10.1 Å². The Labute approximate surface area is 69.3 Å². The van der Waals surface area contributed by atoms with Crippen LogP contribution in [0.4, 0.5) is 0 Å². The third-order valence-electron chi connectivity index (χ3n) is 1.78. The quantitative estimate of drug-likeness (QED) is 0.374. The third-order valence-corrected chi connectivity index (χ3v) is 1.78. The number of oxime groups is 1. The SMILES string of the molecule is O/N=C/c1ccc2[nH]ccc2c1. The Morgan fingerprint density at radius 1 is 1.33 bits per heavy atom. The van der Waals surface area contributed by atoms with Gasteiger partial charge in [-0.3, -0.25) is 0 Å². The van der Waals surface area contributed by atoms with Gasteiger partial charge in [-0.1, -0.05) is 11.2 Å². The second kappa shape index (κ2) is 2.70. The Kier molecular flexibility index (Phi) is 1.55. The number of hydrogen-bond acceptors (Lipinski definition) is 2. The van der Waals surface area contributed by atoms with Gasteiger partial charge in [0.2, 0.25) is 0 Å². The normalized spacial score (nSPS) is 11.3. The van der Waals surface area contributed by atoms with E-state index in [-0.39, 0.29) is 0 Å². The van der Waals surface area contributed by atoms with Gasteiger partial charge in [0, 0.05) is 11.7 Å². The Balaban J connectivity index is 2.60. The first-order valence-electron chi connectivity index (χ1n) is 3.65. The molecule has 2 aromatic rings. The van der Waals surface area contributed by atoms with Crippen LogP contribution in [-0.2, 0) is 0 Å². The van der Waals surface area contributed by atoms with Crippen molar-refractivity contribution in [1.29, 1.82) is 0 Å². The van der Waals surface area contributed by atoms with Crippen LogP contribution in [0, 0.1) is 0 Å². The molecule has 0 aliphatic heterocycles. The van der Waals surface area contributed by atoms with Crippen LogP contribution in [0.15, 0.2) is 35.6 Å². The van der Waals surface area contributed by atoms with Crippen LogP contribution in [0.5, 0.6) is 0 Å². The van der Waals surface area contributed by atoms with Gasteiger partial charge in [0.15, 0.2) is 0 Å². The maximum absolute atomic E-state index is 8.30. The maximum atomic E-state index is 8.30. The molecule has 0 aliphatic rings. The summed E-state index contributed by atoms with van der Waals surface area (Å²) in [5.74, 6) is 0. The van der Waals surface area contributed by atoms with Crippen molar-refractivity contribution in [3.05, 3.63) is 36.0 Å². The average Bonchev–Trinajstić information content (AvgIpc) is 2.51. The van der Waals surface area contributed by atoms with Crippen LogP contribution < -0.4 is 0 Å². The van der Waals surface area contributed by atoms with Gasteiger partial charge in [-0.15, -0.1) is 0 Å². The molecule has 0 amide bonds. The summed E-state index contributed by atoms with van der Waals surface area (Å²) >= 11 is 0. The molecule has 3 nitrogen and oxygen atoms in total. The van der Waals surface area contributed by atoms with Crippen molar-refractivity contribution in [2.75, 3.05) is 0 Å². The zero-order valence-corrected chi connectivity index (χ0v) is 6.36. The number of H-pyrrole nitrogens is 1. The first-order valence-corrected chi connectivity index (χ1v) is 3.65. The Hall–Kier alpha value is -1.77. The van der Waals surface area contributed by atoms with Crippen LogP contribution in [0.3, 0.4) is 0 Å². The zero-order valence-electron chi connectivity index (χ0n) is 6.36. The van der Waals surface area contributed by atoms with E-state index in [4.69, 9.17) is 5.21 Å². The summed E-state index contributed by atoms with van der Waals surface area (Å²) in [6.07, 6.45) is 3.29. The van der Waals surface area contributed by atoms with Gasteiger partial charge < -0.3 is 10.2 Å². The van der Waals surface area contributed by atoms with E-state index in [1.165, 1.54) is 6.21 Å². The van der Waals surface area contributed by atoms with Gasteiger partial charge in [-0.2, -0.15) is 0 Å². The number of fused-ring (bicyclic) bond motifs is 1. The molecule has 60 valence electrons. The average molecular weight is 160 g/mol. The molecular formula is C9H8N2O. The fraction of sp³-hybridized carbons (Fsp3) is 0. The van der Waals surface area contributed by atoms with Crippen LogP contribution in [0.1, 0.15) is 5.56 Å². The number of nitrogens with one attached hydrogen (secondary N) is 1. The molecule has 2 N–H and O–H groups in total. The molecule has 1 aromatic carbocycles. The fourth-order valence-corrected chi connectivity index (χ4v) is 1.22. The first-order chi connectivity index (χ1) is 5.90. The number of hydrogen-bond donors (Lipinski definition) is 2. The van der Waals surface area contributed by atoms with E-state index in [1.807, 2.05) is 30.5 Å². The predicted molar refractivity (Wildman–Crippen MR) is 47.7 cm³/mol. The number of nitrogens with zero attached hydrogens (tertiary/aromatic N) is 1. The molecule has 1 aromatic heterocycles. The second-order valence-electron chi connectivity index (χ2n) is 2.57. The van der Waals surface area contributed by atoms with Gasteiger partial charge >= 0.3 is 0 Å². The standard InChI is InChI=1S/C9H8N2O/c12-11-6-7-1-2-9-8(5-7)3-4-10-9/h1-6,10,12H/b11-6+. The number of benzene rings is 1. The molecule has 2 rings (SSSR count). The van der Waals surface area contributed by atoms with E-state index in [9.17, 15) is 0 Å². The zero-order chi connectivity index (χ0) is 8.39. The molecular weight excluding hydrogens is 152 g/mol. The van der Waals surface area contributed by atoms with Crippen molar-refractivity contribution in [1.82, 2.24) is 4.98 Å². The summed E-state index contributed by atoms with van der Waals surface area (Å²) in [6, 6.07) is 7.76. The summed E-state index contributed by atoms with van der Waals surface area (Å²) in [5, 5.41) is 12.4. The van der Waals surface area contributed by atoms with Crippen molar-refractivity contribution in [3.8, 4) is 0 Å². The molecule has 0 atom stereocenters. The summed E-state index contributed by atoms with van der Waals surface area (Å²) in [6.45, 7) is 0. The number of aromatic nitrogens is 1. The molecule has 0 saturated heterocycles. The maximum Gasteiger partial charge on any atom is 0.0734 e. The largest absolute Gasteiger partial charge is 0.411 e. The Bertz CT molecular complexity index is 417. The topological polar surface area (TPSA) is 48.4 Å². The van der Waals surface area contributed by atoms with Crippen molar-refractivity contribution in [3.63, 3.8) is 0 Å². The third kappa shape index (κ3) is 1.05. The number of aromatic amines is 1. The Morgan fingerprint density at radius 3 is 3.08 bits per heavy atom. The molecule has 0 unspecified atom stereocenters. The summed E-state index contributed by atoms with van der Waals surface area (Å²) < 4.78 is 0. The monoisotopic (exact) mass is 160 g/mol. The molecule has 0 spiro atoms. The Morgan fingerprint density at radius 2 is 2.25 bits per heavy atom. The highest BCUT2D eigenvalue weighted by atomic mass is 16.4. The van der Waals surface area contributed by atoms with Gasteiger partial charge in [0.05, 0.1) is 6.21 Å². The molecule has 12 heavy (non-hydrogen) atoms. The van der Waals surface area contributed by atoms with Crippen molar-refractivity contribution >= 4 is 17.1 Å². The van der Waals surface area contributed by atoms with Gasteiger partial charge in [-0.25, -0.2) is 0 Å². The first kappa shape index (κ1) is 6.91. The molecule has 3 heteroatoms. The lowest BCUT2D eigenvalue weighted by Crippen LogP contribution is -1.79. The minimum absolute atomic E-state index is 0.893. The van der Waals surface area contributed by atoms with E-state index in [0.717, 1.165) is 16.5 Å². The highest BCUT2D eigenvalue weighted by Gasteiger charge is 1.93. The van der Waals surface area contributed by atoms with Crippen molar-refractivity contribution < 1.29 is 5.21 Å². The van der Waals surface area contributed by atoms with E-state index in [1.54, 1.807) is 0 Å². The van der Waals surface area contributed by atoms with E-state index < -0.39 is 0 Å². The minimum atomic E-state index is 0.893. The lowest BCUT2D eigenvalue weighted by atomic mass is 10.2. The van der Waals surface area contributed by atoms with E-state index >= 15 is 0 Å². The summed E-state index contributed by atoms with van der Waals surface area (Å²) in [4.78, 5) is 3.08.